The highest BCUT2D eigenvalue weighted by Gasteiger charge is 2.25. The van der Waals surface area contributed by atoms with Crippen LogP contribution < -0.4 is 11.2 Å². The van der Waals surface area contributed by atoms with E-state index < -0.39 is 0 Å². The summed E-state index contributed by atoms with van der Waals surface area (Å²) >= 11 is 5.67. The molecule has 0 radical (unpaired) electrons. The molecule has 0 N–H and O–H groups in total. The molecule has 0 aliphatic heterocycles. The van der Waals surface area contributed by atoms with Gasteiger partial charge in [0.2, 0.25) is 0 Å². The Kier molecular flexibility index (Phi) is 2.90. The molecule has 112 valence electrons. The number of hydrogen-bond acceptors (Lipinski definition) is 4. The normalized spacial score (nSPS) is 14.6. The lowest BCUT2D eigenvalue weighted by Crippen LogP contribution is -2.24. The van der Waals surface area contributed by atoms with Gasteiger partial charge in [0, 0.05) is 24.5 Å². The van der Waals surface area contributed by atoms with Crippen molar-refractivity contribution < 1.29 is 0 Å². The van der Waals surface area contributed by atoms with Crippen molar-refractivity contribution in [2.45, 2.75) is 25.4 Å². The largest absolute Gasteiger partial charge is 0.334 e. The SMILES string of the molecule is O=c1cc(Cl)ncn1Cc1cn2c(=O)n(C3CC3)ccc2n1. The van der Waals surface area contributed by atoms with E-state index in [4.69, 9.17) is 11.6 Å². The van der Waals surface area contributed by atoms with Crippen molar-refractivity contribution in [2.24, 2.45) is 0 Å². The van der Waals surface area contributed by atoms with Gasteiger partial charge in [-0.3, -0.25) is 18.3 Å². The van der Waals surface area contributed by atoms with Crippen molar-refractivity contribution in [1.82, 2.24) is 23.5 Å². The summed E-state index contributed by atoms with van der Waals surface area (Å²) in [6, 6.07) is 3.37. The van der Waals surface area contributed by atoms with E-state index in [1.165, 1.54) is 21.4 Å². The maximum absolute atomic E-state index is 12.4. The maximum atomic E-state index is 12.4. The molecule has 22 heavy (non-hydrogen) atoms. The first-order valence-electron chi connectivity index (χ1n) is 6.93. The summed E-state index contributed by atoms with van der Waals surface area (Å²) in [5.74, 6) is 0. The fraction of sp³-hybridized carbons (Fsp3) is 0.286. The van der Waals surface area contributed by atoms with Crippen LogP contribution in [0.5, 0.6) is 0 Å². The van der Waals surface area contributed by atoms with Crippen LogP contribution in [0.3, 0.4) is 0 Å². The van der Waals surface area contributed by atoms with E-state index in [1.54, 1.807) is 17.0 Å². The molecule has 0 aromatic carbocycles. The van der Waals surface area contributed by atoms with Crippen molar-refractivity contribution in [3.63, 3.8) is 0 Å². The lowest BCUT2D eigenvalue weighted by molar-refractivity contribution is 0.670. The molecule has 0 saturated heterocycles. The predicted octanol–water partition coefficient (Wildman–Crippen LogP) is 1.09. The van der Waals surface area contributed by atoms with Gasteiger partial charge >= 0.3 is 5.69 Å². The van der Waals surface area contributed by atoms with Gasteiger partial charge in [0.15, 0.2) is 0 Å². The van der Waals surface area contributed by atoms with E-state index in [0.29, 0.717) is 17.4 Å². The quantitative estimate of drug-likeness (QED) is 0.678. The average Bonchev–Trinajstić information content (AvgIpc) is 3.22. The van der Waals surface area contributed by atoms with Crippen LogP contribution in [0.15, 0.2) is 40.4 Å². The lowest BCUT2D eigenvalue weighted by atomic mass is 10.4. The van der Waals surface area contributed by atoms with Crippen LogP contribution in [0.1, 0.15) is 24.6 Å². The number of aromatic nitrogens is 5. The molecule has 8 heteroatoms. The van der Waals surface area contributed by atoms with Crippen molar-refractivity contribution in [2.75, 3.05) is 0 Å². The van der Waals surface area contributed by atoms with E-state index >= 15 is 0 Å². The van der Waals surface area contributed by atoms with Gasteiger partial charge in [-0.1, -0.05) is 11.6 Å². The Hall–Kier alpha value is -2.41. The van der Waals surface area contributed by atoms with Crippen LogP contribution in [0.25, 0.3) is 5.65 Å². The molecular formula is C14H12ClN5O2. The minimum atomic E-state index is -0.257. The van der Waals surface area contributed by atoms with Gasteiger partial charge < -0.3 is 0 Å². The molecule has 4 rings (SSSR count). The van der Waals surface area contributed by atoms with Crippen molar-refractivity contribution in [1.29, 1.82) is 0 Å². The van der Waals surface area contributed by atoms with E-state index in [2.05, 4.69) is 9.97 Å². The maximum Gasteiger partial charge on any atom is 0.334 e. The zero-order chi connectivity index (χ0) is 15.3. The van der Waals surface area contributed by atoms with Crippen LogP contribution in [0, 0.1) is 0 Å². The Balaban J connectivity index is 1.75. The number of imidazole rings is 1. The van der Waals surface area contributed by atoms with Crippen LogP contribution in [0.2, 0.25) is 5.15 Å². The Morgan fingerprint density at radius 3 is 2.86 bits per heavy atom. The predicted molar refractivity (Wildman–Crippen MR) is 80.3 cm³/mol. The molecule has 3 aromatic heterocycles. The molecule has 0 unspecified atom stereocenters. The summed E-state index contributed by atoms with van der Waals surface area (Å²) in [6.07, 6.45) is 6.90. The van der Waals surface area contributed by atoms with Gasteiger partial charge in [0.1, 0.15) is 10.8 Å². The Labute approximate surface area is 129 Å². The summed E-state index contributed by atoms with van der Waals surface area (Å²) in [4.78, 5) is 32.5. The fourth-order valence-electron chi connectivity index (χ4n) is 2.45. The first kappa shape index (κ1) is 13.3. The van der Waals surface area contributed by atoms with Gasteiger partial charge in [-0.25, -0.2) is 14.8 Å². The highest BCUT2D eigenvalue weighted by molar-refractivity contribution is 6.29. The Bertz CT molecular complexity index is 983. The second-order valence-electron chi connectivity index (χ2n) is 5.37. The number of nitrogens with zero attached hydrogens (tertiary/aromatic N) is 5. The first-order valence-corrected chi connectivity index (χ1v) is 7.31. The van der Waals surface area contributed by atoms with Crippen LogP contribution in [-0.2, 0) is 6.54 Å². The topological polar surface area (TPSA) is 74.2 Å². The molecule has 0 atom stereocenters. The summed E-state index contributed by atoms with van der Waals surface area (Å²) in [7, 11) is 0. The molecule has 1 aliphatic carbocycles. The van der Waals surface area contributed by atoms with Crippen molar-refractivity contribution in [3.8, 4) is 0 Å². The molecule has 0 spiro atoms. The minimum Gasteiger partial charge on any atom is -0.297 e. The third kappa shape index (κ3) is 2.23. The monoisotopic (exact) mass is 317 g/mol. The van der Waals surface area contributed by atoms with Crippen LogP contribution >= 0.6 is 11.6 Å². The molecule has 0 amide bonds. The Morgan fingerprint density at radius 1 is 1.32 bits per heavy atom. The van der Waals surface area contributed by atoms with Gasteiger partial charge in [0.05, 0.1) is 18.6 Å². The minimum absolute atomic E-state index is 0.0969. The molecule has 1 saturated carbocycles. The van der Waals surface area contributed by atoms with Crippen LogP contribution in [-0.4, -0.2) is 23.5 Å². The first-order chi connectivity index (χ1) is 10.6. The summed E-state index contributed by atoms with van der Waals surface area (Å²) in [5.41, 5.74) is 0.844. The standard InChI is InChI=1S/C14H12ClN5O2/c15-11-5-13(21)18(8-16-11)6-9-7-20-12(17-9)3-4-19(14(20)22)10-1-2-10/h3-5,7-8,10H,1-2,6H2. The van der Waals surface area contributed by atoms with Crippen LogP contribution in [0.4, 0.5) is 0 Å². The second kappa shape index (κ2) is 4.81. The van der Waals surface area contributed by atoms with E-state index in [9.17, 15) is 9.59 Å². The summed E-state index contributed by atoms with van der Waals surface area (Å²) < 4.78 is 4.64. The molecular weight excluding hydrogens is 306 g/mol. The Morgan fingerprint density at radius 2 is 2.14 bits per heavy atom. The van der Waals surface area contributed by atoms with Crippen molar-refractivity contribution in [3.05, 3.63) is 62.5 Å². The molecule has 3 heterocycles. The molecule has 1 fully saturated rings. The number of halogens is 1. The second-order valence-corrected chi connectivity index (χ2v) is 5.76. The van der Waals surface area contributed by atoms with Gasteiger partial charge in [-0.05, 0) is 18.9 Å². The smallest absolute Gasteiger partial charge is 0.297 e. The zero-order valence-electron chi connectivity index (χ0n) is 11.5. The highest BCUT2D eigenvalue weighted by atomic mass is 35.5. The number of rotatable bonds is 3. The van der Waals surface area contributed by atoms with Gasteiger partial charge in [0.25, 0.3) is 5.56 Å². The molecule has 7 nitrogen and oxygen atoms in total. The molecule has 0 bridgehead atoms. The lowest BCUT2D eigenvalue weighted by Gasteiger charge is -2.02. The summed E-state index contributed by atoms with van der Waals surface area (Å²) in [5, 5.41) is 0.156. The van der Waals surface area contributed by atoms with E-state index in [-0.39, 0.29) is 22.9 Å². The third-order valence-electron chi connectivity index (χ3n) is 3.71. The third-order valence-corrected chi connectivity index (χ3v) is 3.92. The number of fused-ring (bicyclic) bond motifs is 1. The highest BCUT2D eigenvalue weighted by Crippen LogP contribution is 2.33. The zero-order valence-corrected chi connectivity index (χ0v) is 12.3. The molecule has 1 aliphatic rings. The summed E-state index contributed by atoms with van der Waals surface area (Å²) in [6.45, 7) is 0.244. The molecule has 3 aromatic rings. The van der Waals surface area contributed by atoms with E-state index in [0.717, 1.165) is 12.8 Å². The van der Waals surface area contributed by atoms with E-state index in [1.807, 2.05) is 6.07 Å². The fourth-order valence-corrected chi connectivity index (χ4v) is 2.59. The van der Waals surface area contributed by atoms with Gasteiger partial charge in [-0.15, -0.1) is 0 Å². The van der Waals surface area contributed by atoms with Crippen molar-refractivity contribution >= 4 is 17.2 Å². The average molecular weight is 318 g/mol. The van der Waals surface area contributed by atoms with Gasteiger partial charge in [-0.2, -0.15) is 0 Å². The number of hydrogen-bond donors (Lipinski definition) is 0.